The van der Waals surface area contributed by atoms with Gasteiger partial charge in [-0.05, 0) is 36.4 Å². The van der Waals surface area contributed by atoms with Gasteiger partial charge >= 0.3 is 0 Å². The second kappa shape index (κ2) is 9.62. The van der Waals surface area contributed by atoms with Crippen molar-refractivity contribution < 1.29 is 23.3 Å². The monoisotopic (exact) mass is 420 g/mol. The second-order valence-corrected chi connectivity index (χ2v) is 7.19. The molecule has 3 rings (SSSR count). The molecule has 1 heterocycles. The molecule has 1 aliphatic heterocycles. The molecule has 2 aromatic carbocycles. The van der Waals surface area contributed by atoms with Crippen LogP contribution >= 0.6 is 11.6 Å². The number of piperazine rings is 1. The van der Waals surface area contributed by atoms with Gasteiger partial charge in [-0.25, -0.2) is 8.78 Å². The van der Waals surface area contributed by atoms with E-state index in [1.165, 1.54) is 42.5 Å². The van der Waals surface area contributed by atoms with Crippen molar-refractivity contribution in [2.24, 2.45) is 0 Å². The van der Waals surface area contributed by atoms with Crippen molar-refractivity contribution in [1.29, 1.82) is 0 Å². The Kier molecular flexibility index (Phi) is 6.95. The van der Waals surface area contributed by atoms with Crippen LogP contribution < -0.4 is 10.2 Å². The molecule has 29 heavy (non-hydrogen) atoms. The Balaban J connectivity index is 1.48. The van der Waals surface area contributed by atoms with Gasteiger partial charge < -0.3 is 15.1 Å². The summed E-state index contributed by atoms with van der Waals surface area (Å²) in [5, 5.41) is 2.92. The third-order valence-corrected chi connectivity index (χ3v) is 5.02. The Labute approximate surface area is 172 Å². The molecule has 2 aromatic rings. The van der Waals surface area contributed by atoms with E-state index in [4.69, 9.17) is 11.6 Å². The lowest BCUT2D eigenvalue weighted by molar-refractivity contribution is -0.895. The van der Waals surface area contributed by atoms with Crippen molar-refractivity contribution in [3.8, 4) is 0 Å². The van der Waals surface area contributed by atoms with Crippen LogP contribution in [-0.4, -0.2) is 49.4 Å². The highest BCUT2D eigenvalue weighted by molar-refractivity contribution is 6.32. The number of hydrogen-bond acceptors (Lipinski definition) is 2. The average Bonchev–Trinajstić information content (AvgIpc) is 2.68. The lowest BCUT2D eigenvalue weighted by atomic mass is 10.2. The standard InChI is InChI=1S/C21H20ClF2N3O2/c22-18-5-2-6-19(24)17(18)7-8-21(29)27-11-9-26(10-12-27)14-20(28)25-16-4-1-3-15(23)13-16/h1-8,13H,9-12,14H2,(H,25,28)/p+1/b8-7+. The summed E-state index contributed by atoms with van der Waals surface area (Å²) < 4.78 is 27.0. The summed E-state index contributed by atoms with van der Waals surface area (Å²) in [5.74, 6) is -1.33. The molecule has 0 spiro atoms. The van der Waals surface area contributed by atoms with Crippen molar-refractivity contribution in [3.63, 3.8) is 0 Å². The van der Waals surface area contributed by atoms with Gasteiger partial charge in [-0.2, -0.15) is 0 Å². The van der Waals surface area contributed by atoms with Crippen LogP contribution in [0, 0.1) is 11.6 Å². The number of quaternary nitrogens is 1. The van der Waals surface area contributed by atoms with Crippen LogP contribution in [0.2, 0.25) is 5.02 Å². The number of carbonyl (C=O) groups excluding carboxylic acids is 2. The fourth-order valence-corrected chi connectivity index (χ4v) is 3.37. The molecule has 0 aromatic heterocycles. The van der Waals surface area contributed by atoms with Gasteiger partial charge in [-0.3, -0.25) is 9.59 Å². The van der Waals surface area contributed by atoms with Crippen molar-refractivity contribution in [2.75, 3.05) is 38.0 Å². The molecule has 1 fully saturated rings. The SMILES string of the molecule is O=C(C[NH+]1CCN(C(=O)/C=C/c2c(F)cccc2Cl)CC1)Nc1cccc(F)c1. The summed E-state index contributed by atoms with van der Waals surface area (Å²) in [6, 6.07) is 10.1. The van der Waals surface area contributed by atoms with Crippen molar-refractivity contribution >= 4 is 35.2 Å². The highest BCUT2D eigenvalue weighted by atomic mass is 35.5. The Hall–Kier alpha value is -2.77. The van der Waals surface area contributed by atoms with E-state index >= 15 is 0 Å². The first-order chi connectivity index (χ1) is 13.9. The first-order valence-electron chi connectivity index (χ1n) is 9.22. The number of rotatable bonds is 5. The van der Waals surface area contributed by atoms with E-state index in [1.807, 2.05) is 0 Å². The number of hydrogen-bond donors (Lipinski definition) is 2. The Morgan fingerprint density at radius 2 is 1.86 bits per heavy atom. The van der Waals surface area contributed by atoms with E-state index in [0.29, 0.717) is 31.9 Å². The Bertz CT molecular complexity index is 908. The molecule has 2 amide bonds. The quantitative estimate of drug-likeness (QED) is 0.727. The van der Waals surface area contributed by atoms with Crippen LogP contribution in [0.5, 0.6) is 0 Å². The predicted molar refractivity (Wildman–Crippen MR) is 108 cm³/mol. The van der Waals surface area contributed by atoms with E-state index in [-0.39, 0.29) is 28.9 Å². The molecule has 152 valence electrons. The Morgan fingerprint density at radius 1 is 1.14 bits per heavy atom. The maximum absolute atomic E-state index is 13.8. The van der Waals surface area contributed by atoms with E-state index in [9.17, 15) is 18.4 Å². The van der Waals surface area contributed by atoms with Crippen molar-refractivity contribution in [3.05, 3.63) is 70.8 Å². The van der Waals surface area contributed by atoms with E-state index in [1.54, 1.807) is 17.0 Å². The smallest absolute Gasteiger partial charge is 0.279 e. The summed E-state index contributed by atoms with van der Waals surface area (Å²) >= 11 is 5.95. The minimum Gasteiger partial charge on any atom is -0.328 e. The molecule has 0 saturated carbocycles. The van der Waals surface area contributed by atoms with Gasteiger partial charge in [0.25, 0.3) is 5.91 Å². The summed E-state index contributed by atoms with van der Waals surface area (Å²) in [7, 11) is 0. The van der Waals surface area contributed by atoms with Crippen LogP contribution in [0.3, 0.4) is 0 Å². The fraction of sp³-hybridized carbons (Fsp3) is 0.238. The average molecular weight is 421 g/mol. The minimum absolute atomic E-state index is 0.181. The van der Waals surface area contributed by atoms with Crippen molar-refractivity contribution in [2.45, 2.75) is 0 Å². The molecule has 0 radical (unpaired) electrons. The summed E-state index contributed by atoms with van der Waals surface area (Å²) in [6.07, 6.45) is 2.69. The number of halogens is 3. The third kappa shape index (κ3) is 5.85. The third-order valence-electron chi connectivity index (χ3n) is 4.69. The van der Waals surface area contributed by atoms with Crippen LogP contribution in [0.25, 0.3) is 6.08 Å². The first-order valence-corrected chi connectivity index (χ1v) is 9.60. The van der Waals surface area contributed by atoms with Gasteiger partial charge in [0.2, 0.25) is 5.91 Å². The van der Waals surface area contributed by atoms with E-state index in [0.717, 1.165) is 4.90 Å². The number of carbonyl (C=O) groups is 2. The van der Waals surface area contributed by atoms with Gasteiger partial charge in [0, 0.05) is 17.3 Å². The summed E-state index contributed by atoms with van der Waals surface area (Å²) in [5.41, 5.74) is 0.598. The molecule has 2 N–H and O–H groups in total. The molecule has 1 aliphatic rings. The first kappa shape index (κ1) is 21.0. The molecule has 0 atom stereocenters. The van der Waals surface area contributed by atoms with Gasteiger partial charge in [0.05, 0.1) is 31.2 Å². The maximum atomic E-state index is 13.8. The lowest BCUT2D eigenvalue weighted by Gasteiger charge is -2.31. The predicted octanol–water partition coefficient (Wildman–Crippen LogP) is 2.00. The van der Waals surface area contributed by atoms with E-state index < -0.39 is 11.6 Å². The zero-order valence-corrected chi connectivity index (χ0v) is 16.4. The fourth-order valence-electron chi connectivity index (χ4n) is 3.15. The maximum Gasteiger partial charge on any atom is 0.279 e. The van der Waals surface area contributed by atoms with E-state index in [2.05, 4.69) is 5.32 Å². The minimum atomic E-state index is -0.486. The van der Waals surface area contributed by atoms with Gasteiger partial charge in [0.15, 0.2) is 6.54 Å². The molecule has 5 nitrogen and oxygen atoms in total. The molecular weight excluding hydrogens is 400 g/mol. The highest BCUT2D eigenvalue weighted by Gasteiger charge is 2.24. The number of amides is 2. The Morgan fingerprint density at radius 3 is 2.55 bits per heavy atom. The van der Waals surface area contributed by atoms with Gasteiger partial charge in [-0.1, -0.05) is 23.7 Å². The molecule has 1 saturated heterocycles. The number of anilines is 1. The van der Waals surface area contributed by atoms with Crippen LogP contribution in [0.15, 0.2) is 48.5 Å². The zero-order valence-electron chi connectivity index (χ0n) is 15.6. The molecule has 0 aliphatic carbocycles. The molecule has 0 bridgehead atoms. The largest absolute Gasteiger partial charge is 0.328 e. The summed E-state index contributed by atoms with van der Waals surface area (Å²) in [6.45, 7) is 2.42. The second-order valence-electron chi connectivity index (χ2n) is 6.78. The van der Waals surface area contributed by atoms with Gasteiger partial charge in [0.1, 0.15) is 11.6 Å². The topological polar surface area (TPSA) is 53.9 Å². The van der Waals surface area contributed by atoms with Crippen LogP contribution in [0.4, 0.5) is 14.5 Å². The van der Waals surface area contributed by atoms with Gasteiger partial charge in [-0.15, -0.1) is 0 Å². The molecule has 8 heteroatoms. The van der Waals surface area contributed by atoms with Crippen LogP contribution in [0.1, 0.15) is 5.56 Å². The molecular formula is C21H21ClF2N3O2+. The number of nitrogens with zero attached hydrogens (tertiary/aromatic N) is 1. The normalized spacial score (nSPS) is 14.9. The van der Waals surface area contributed by atoms with Crippen LogP contribution in [-0.2, 0) is 9.59 Å². The number of nitrogens with one attached hydrogen (secondary N) is 2. The highest BCUT2D eigenvalue weighted by Crippen LogP contribution is 2.20. The number of benzene rings is 2. The summed E-state index contributed by atoms with van der Waals surface area (Å²) in [4.78, 5) is 27.2. The lowest BCUT2D eigenvalue weighted by Crippen LogP contribution is -3.15. The zero-order chi connectivity index (χ0) is 20.8. The molecule has 0 unspecified atom stereocenters. The van der Waals surface area contributed by atoms with Crippen molar-refractivity contribution in [1.82, 2.24) is 4.90 Å².